The van der Waals surface area contributed by atoms with Gasteiger partial charge in [0.15, 0.2) is 5.78 Å². The lowest BCUT2D eigenvalue weighted by molar-refractivity contribution is -0.118. The number of benzene rings is 1. The Morgan fingerprint density at radius 1 is 1.26 bits per heavy atom. The Morgan fingerprint density at radius 3 is 2.78 bits per heavy atom. The molecule has 0 amide bonds. The standard InChI is InChI=1S/C21H19ClFN3O/c1-21(2)9-17-19(18(27)10-21)20(15-6-5-13(23)8-16(15)22)25-12-26(17)14-4-3-7-24-11-14/h3-8,11-12,20H,9-10H2,1-2H3. The molecular formula is C21H19ClFN3O. The van der Waals surface area contributed by atoms with E-state index in [9.17, 15) is 9.18 Å². The zero-order chi connectivity index (χ0) is 19.2. The van der Waals surface area contributed by atoms with Gasteiger partial charge in [0.25, 0.3) is 0 Å². The average Bonchev–Trinajstić information content (AvgIpc) is 2.61. The van der Waals surface area contributed by atoms with Crippen molar-refractivity contribution in [3.05, 3.63) is 70.4 Å². The number of rotatable bonds is 2. The quantitative estimate of drug-likeness (QED) is 0.724. The average molecular weight is 384 g/mol. The van der Waals surface area contributed by atoms with Gasteiger partial charge in [-0.25, -0.2) is 4.39 Å². The van der Waals surface area contributed by atoms with Crippen LogP contribution in [0.4, 0.5) is 10.1 Å². The van der Waals surface area contributed by atoms with Gasteiger partial charge >= 0.3 is 0 Å². The van der Waals surface area contributed by atoms with Gasteiger partial charge in [0.2, 0.25) is 0 Å². The predicted octanol–water partition coefficient (Wildman–Crippen LogP) is 5.11. The molecule has 1 atom stereocenters. The Kier molecular flexibility index (Phi) is 4.35. The van der Waals surface area contributed by atoms with E-state index in [-0.39, 0.29) is 16.2 Å². The molecule has 2 aromatic rings. The first-order chi connectivity index (χ1) is 12.9. The zero-order valence-electron chi connectivity index (χ0n) is 15.1. The summed E-state index contributed by atoms with van der Waals surface area (Å²) in [6, 6.07) is 7.48. The second-order valence-electron chi connectivity index (χ2n) is 7.72. The van der Waals surface area contributed by atoms with E-state index in [4.69, 9.17) is 11.6 Å². The molecule has 6 heteroatoms. The Morgan fingerprint density at radius 2 is 2.07 bits per heavy atom. The van der Waals surface area contributed by atoms with Gasteiger partial charge in [0.1, 0.15) is 11.9 Å². The lowest BCUT2D eigenvalue weighted by Crippen LogP contribution is -2.38. The molecule has 0 radical (unpaired) electrons. The molecule has 0 saturated heterocycles. The highest BCUT2D eigenvalue weighted by molar-refractivity contribution is 6.31. The summed E-state index contributed by atoms with van der Waals surface area (Å²) < 4.78 is 13.5. The van der Waals surface area contributed by atoms with Crippen LogP contribution in [-0.4, -0.2) is 17.1 Å². The lowest BCUT2D eigenvalue weighted by atomic mass is 9.73. The third-order valence-corrected chi connectivity index (χ3v) is 5.30. The van der Waals surface area contributed by atoms with Crippen molar-refractivity contribution in [2.45, 2.75) is 32.7 Å². The van der Waals surface area contributed by atoms with Gasteiger partial charge in [-0.15, -0.1) is 0 Å². The van der Waals surface area contributed by atoms with E-state index in [1.807, 2.05) is 17.0 Å². The third-order valence-electron chi connectivity index (χ3n) is 4.97. The number of allylic oxidation sites excluding steroid dienone is 1. The minimum atomic E-state index is -0.523. The van der Waals surface area contributed by atoms with E-state index >= 15 is 0 Å². The first kappa shape index (κ1) is 17.9. The van der Waals surface area contributed by atoms with E-state index in [2.05, 4.69) is 23.8 Å². The summed E-state index contributed by atoms with van der Waals surface area (Å²) in [7, 11) is 0. The van der Waals surface area contributed by atoms with Crippen LogP contribution in [0.15, 0.2) is 59.0 Å². The highest BCUT2D eigenvalue weighted by Crippen LogP contribution is 2.46. The number of aliphatic imine (C=N–C) groups is 1. The molecule has 4 rings (SSSR count). The molecule has 0 spiro atoms. The van der Waals surface area contributed by atoms with Gasteiger partial charge in [-0.2, -0.15) is 0 Å². The highest BCUT2D eigenvalue weighted by atomic mass is 35.5. The molecule has 1 aromatic carbocycles. The van der Waals surface area contributed by atoms with Gasteiger partial charge in [-0.05, 0) is 36.1 Å². The van der Waals surface area contributed by atoms with Crippen molar-refractivity contribution in [2.24, 2.45) is 10.4 Å². The Bertz CT molecular complexity index is 969. The number of aromatic nitrogens is 1. The molecule has 4 nitrogen and oxygen atoms in total. The van der Waals surface area contributed by atoms with Crippen molar-refractivity contribution in [1.29, 1.82) is 0 Å². The molecular weight excluding hydrogens is 365 g/mol. The van der Waals surface area contributed by atoms with Gasteiger partial charge < -0.3 is 4.90 Å². The molecule has 1 unspecified atom stereocenters. The normalized spacial score (nSPS) is 21.4. The van der Waals surface area contributed by atoms with Crippen LogP contribution in [0, 0.1) is 11.2 Å². The van der Waals surface area contributed by atoms with Crippen molar-refractivity contribution in [3.63, 3.8) is 0 Å². The fourth-order valence-electron chi connectivity index (χ4n) is 3.78. The van der Waals surface area contributed by atoms with Crippen molar-refractivity contribution in [1.82, 2.24) is 4.98 Å². The smallest absolute Gasteiger partial charge is 0.163 e. The number of halogens is 2. The van der Waals surface area contributed by atoms with E-state index in [0.717, 1.165) is 17.8 Å². The number of pyridine rings is 1. The Labute approximate surface area is 162 Å². The highest BCUT2D eigenvalue weighted by Gasteiger charge is 2.41. The molecule has 1 aromatic heterocycles. The van der Waals surface area contributed by atoms with Crippen molar-refractivity contribution in [2.75, 3.05) is 4.90 Å². The van der Waals surface area contributed by atoms with Crippen LogP contribution in [0.2, 0.25) is 5.02 Å². The fourth-order valence-corrected chi connectivity index (χ4v) is 4.05. The van der Waals surface area contributed by atoms with Gasteiger partial charge in [0, 0.05) is 34.5 Å². The van der Waals surface area contributed by atoms with Crippen molar-refractivity contribution >= 4 is 29.4 Å². The molecule has 0 fully saturated rings. The summed E-state index contributed by atoms with van der Waals surface area (Å²) in [6.07, 6.45) is 6.33. The summed E-state index contributed by atoms with van der Waals surface area (Å²) >= 11 is 6.28. The third kappa shape index (κ3) is 3.28. The minimum Gasteiger partial charge on any atom is -0.303 e. The number of anilines is 1. The van der Waals surface area contributed by atoms with Gasteiger partial charge in [-0.3, -0.25) is 14.8 Å². The maximum atomic E-state index is 13.5. The second-order valence-corrected chi connectivity index (χ2v) is 8.12. The monoisotopic (exact) mass is 383 g/mol. The molecule has 1 aliphatic heterocycles. The number of hydrogen-bond acceptors (Lipinski definition) is 4. The molecule has 138 valence electrons. The van der Waals surface area contributed by atoms with Crippen LogP contribution in [0.5, 0.6) is 0 Å². The number of Topliss-reactive ketones (excluding diaryl/α,β-unsaturated/α-hetero) is 1. The van der Waals surface area contributed by atoms with E-state index in [0.29, 0.717) is 17.6 Å². The summed E-state index contributed by atoms with van der Waals surface area (Å²) in [6.45, 7) is 4.17. The molecule has 27 heavy (non-hydrogen) atoms. The summed E-state index contributed by atoms with van der Waals surface area (Å²) in [5.74, 6) is -0.358. The largest absolute Gasteiger partial charge is 0.303 e. The maximum absolute atomic E-state index is 13.5. The molecule has 2 aliphatic rings. The summed E-state index contributed by atoms with van der Waals surface area (Å²) in [4.78, 5) is 23.8. The first-order valence-electron chi connectivity index (χ1n) is 8.79. The molecule has 0 N–H and O–H groups in total. The molecule has 0 saturated carbocycles. The van der Waals surface area contributed by atoms with E-state index in [1.54, 1.807) is 24.8 Å². The molecule has 0 bridgehead atoms. The van der Waals surface area contributed by atoms with Crippen LogP contribution in [0.3, 0.4) is 0 Å². The SMILES string of the molecule is CC1(C)CC(=O)C2=C(C1)N(c1cccnc1)C=NC2c1ccc(F)cc1Cl. The lowest BCUT2D eigenvalue weighted by Gasteiger charge is -2.40. The summed E-state index contributed by atoms with van der Waals surface area (Å²) in [5.41, 5.74) is 2.88. The number of carbonyl (C=O) groups is 1. The maximum Gasteiger partial charge on any atom is 0.163 e. The van der Waals surface area contributed by atoms with Crippen LogP contribution >= 0.6 is 11.6 Å². The zero-order valence-corrected chi connectivity index (χ0v) is 15.9. The van der Waals surface area contributed by atoms with Crippen LogP contribution in [0.25, 0.3) is 0 Å². The van der Waals surface area contributed by atoms with Gasteiger partial charge in [0.05, 0.1) is 18.2 Å². The van der Waals surface area contributed by atoms with Crippen molar-refractivity contribution < 1.29 is 9.18 Å². The van der Waals surface area contributed by atoms with Crippen LogP contribution < -0.4 is 4.90 Å². The minimum absolute atomic E-state index is 0.0531. The Hall–Kier alpha value is -2.53. The first-order valence-corrected chi connectivity index (χ1v) is 9.17. The number of hydrogen-bond donors (Lipinski definition) is 0. The number of carbonyl (C=O) groups excluding carboxylic acids is 1. The number of ketones is 1. The number of nitrogens with zero attached hydrogens (tertiary/aromatic N) is 3. The Balaban J connectivity index is 1.87. The van der Waals surface area contributed by atoms with Crippen LogP contribution in [0.1, 0.15) is 38.3 Å². The predicted molar refractivity (Wildman–Crippen MR) is 104 cm³/mol. The van der Waals surface area contributed by atoms with E-state index < -0.39 is 11.9 Å². The second kappa shape index (κ2) is 6.57. The summed E-state index contributed by atoms with van der Waals surface area (Å²) in [5, 5.41) is 0.275. The molecule has 2 heterocycles. The molecule has 1 aliphatic carbocycles. The fraction of sp³-hybridized carbons (Fsp3) is 0.286. The van der Waals surface area contributed by atoms with Crippen molar-refractivity contribution in [3.8, 4) is 0 Å². The van der Waals surface area contributed by atoms with E-state index in [1.165, 1.54) is 12.1 Å². The van der Waals surface area contributed by atoms with Crippen LogP contribution in [-0.2, 0) is 4.79 Å². The van der Waals surface area contributed by atoms with Gasteiger partial charge in [-0.1, -0.05) is 31.5 Å². The topological polar surface area (TPSA) is 45.6 Å².